The van der Waals surface area contributed by atoms with Gasteiger partial charge in [-0.1, -0.05) is 48.5 Å². The van der Waals surface area contributed by atoms with Crippen molar-refractivity contribution in [2.45, 2.75) is 38.5 Å². The van der Waals surface area contributed by atoms with Crippen molar-refractivity contribution in [3.05, 3.63) is 66.2 Å². The van der Waals surface area contributed by atoms with Crippen molar-refractivity contribution in [3.8, 4) is 5.75 Å². The van der Waals surface area contributed by atoms with E-state index < -0.39 is 0 Å². The van der Waals surface area contributed by atoms with Gasteiger partial charge in [0.05, 0.1) is 13.0 Å². The van der Waals surface area contributed by atoms with Crippen LogP contribution in [0.4, 0.5) is 0 Å². The number of likely N-dealkylation sites (tertiary alicyclic amines) is 2. The van der Waals surface area contributed by atoms with Gasteiger partial charge in [0.25, 0.3) is 0 Å². The van der Waals surface area contributed by atoms with E-state index in [0.717, 1.165) is 50.9 Å². The molecule has 2 aliphatic rings. The molecule has 5 nitrogen and oxygen atoms in total. The lowest BCUT2D eigenvalue weighted by atomic mass is 9.88. The van der Waals surface area contributed by atoms with Crippen LogP contribution in [-0.2, 0) is 16.0 Å². The van der Waals surface area contributed by atoms with Gasteiger partial charge < -0.3 is 14.5 Å². The van der Waals surface area contributed by atoms with Crippen molar-refractivity contribution in [3.63, 3.8) is 0 Å². The summed E-state index contributed by atoms with van der Waals surface area (Å²) in [5.41, 5.74) is 1.39. The van der Waals surface area contributed by atoms with E-state index in [0.29, 0.717) is 37.9 Å². The van der Waals surface area contributed by atoms with E-state index in [2.05, 4.69) is 35.2 Å². The van der Waals surface area contributed by atoms with Crippen LogP contribution in [0.5, 0.6) is 5.75 Å². The van der Waals surface area contributed by atoms with Crippen LogP contribution in [0.15, 0.2) is 60.7 Å². The third-order valence-corrected chi connectivity index (χ3v) is 6.82. The Morgan fingerprint density at radius 1 is 0.781 bits per heavy atom. The predicted octanol–water partition coefficient (Wildman–Crippen LogP) is 4.18. The normalized spacial score (nSPS) is 17.9. The molecule has 0 spiro atoms. The Morgan fingerprint density at radius 2 is 1.38 bits per heavy atom. The van der Waals surface area contributed by atoms with Gasteiger partial charge in [-0.25, -0.2) is 0 Å². The number of para-hydroxylation sites is 1. The maximum atomic E-state index is 13.0. The average Bonchev–Trinajstić information content (AvgIpc) is 2.85. The molecule has 0 aliphatic carbocycles. The first kappa shape index (κ1) is 22.4. The topological polar surface area (TPSA) is 49.9 Å². The molecule has 4 rings (SSSR count). The standard InChI is InChI=1S/C27H34N2O3/c30-26(15-20-32-25-9-5-2-6-10-25)28-18-13-24(14-19-28)27(31)29-16-11-23(12-17-29)21-22-7-3-1-4-8-22/h1-10,23-24H,11-21H2. The van der Waals surface area contributed by atoms with Crippen molar-refractivity contribution in [1.82, 2.24) is 9.80 Å². The number of ether oxygens (including phenoxy) is 1. The van der Waals surface area contributed by atoms with Crippen LogP contribution in [0.25, 0.3) is 0 Å². The molecule has 0 N–H and O–H groups in total. The van der Waals surface area contributed by atoms with E-state index in [-0.39, 0.29) is 11.8 Å². The first-order valence-electron chi connectivity index (χ1n) is 12.0. The maximum Gasteiger partial charge on any atom is 0.225 e. The van der Waals surface area contributed by atoms with Crippen LogP contribution in [-0.4, -0.2) is 54.4 Å². The third-order valence-electron chi connectivity index (χ3n) is 6.82. The van der Waals surface area contributed by atoms with Gasteiger partial charge in [0, 0.05) is 32.1 Å². The van der Waals surface area contributed by atoms with Crippen molar-refractivity contribution >= 4 is 11.8 Å². The first-order valence-corrected chi connectivity index (χ1v) is 12.0. The van der Waals surface area contributed by atoms with Crippen LogP contribution in [0.3, 0.4) is 0 Å². The Kier molecular flexibility index (Phi) is 7.81. The summed E-state index contributed by atoms with van der Waals surface area (Å²) in [6.45, 7) is 3.47. The number of amides is 2. The summed E-state index contributed by atoms with van der Waals surface area (Å²) in [7, 11) is 0. The molecule has 0 bridgehead atoms. The third kappa shape index (κ3) is 6.12. The molecule has 0 unspecified atom stereocenters. The van der Waals surface area contributed by atoms with Gasteiger partial charge in [0.2, 0.25) is 11.8 Å². The van der Waals surface area contributed by atoms with Crippen LogP contribution in [0.1, 0.15) is 37.7 Å². The molecule has 2 aliphatic heterocycles. The second-order valence-corrected chi connectivity index (χ2v) is 9.02. The minimum atomic E-state index is 0.0605. The van der Waals surface area contributed by atoms with Gasteiger partial charge in [-0.2, -0.15) is 0 Å². The number of carbonyl (C=O) groups excluding carboxylic acids is 2. The van der Waals surface area contributed by atoms with Crippen LogP contribution in [0.2, 0.25) is 0 Å². The van der Waals surface area contributed by atoms with E-state index in [1.807, 2.05) is 35.2 Å². The predicted molar refractivity (Wildman–Crippen MR) is 125 cm³/mol. The molecule has 2 aromatic carbocycles. The summed E-state index contributed by atoms with van der Waals surface area (Å²) < 4.78 is 5.64. The van der Waals surface area contributed by atoms with E-state index in [9.17, 15) is 9.59 Å². The Bertz CT molecular complexity index is 855. The van der Waals surface area contributed by atoms with Gasteiger partial charge in [0.1, 0.15) is 5.75 Å². The zero-order valence-corrected chi connectivity index (χ0v) is 18.8. The van der Waals surface area contributed by atoms with E-state index in [1.54, 1.807) is 0 Å². The molecule has 2 amide bonds. The Hall–Kier alpha value is -2.82. The molecule has 170 valence electrons. The van der Waals surface area contributed by atoms with Gasteiger partial charge in [-0.3, -0.25) is 9.59 Å². The number of piperidine rings is 2. The van der Waals surface area contributed by atoms with Gasteiger partial charge in [-0.05, 0) is 55.7 Å². The van der Waals surface area contributed by atoms with Gasteiger partial charge in [0.15, 0.2) is 0 Å². The second-order valence-electron chi connectivity index (χ2n) is 9.02. The van der Waals surface area contributed by atoms with Crippen molar-refractivity contribution in [2.24, 2.45) is 11.8 Å². The maximum absolute atomic E-state index is 13.0. The molecular weight excluding hydrogens is 400 g/mol. The lowest BCUT2D eigenvalue weighted by Crippen LogP contribution is -2.46. The van der Waals surface area contributed by atoms with E-state index in [1.165, 1.54) is 5.56 Å². The van der Waals surface area contributed by atoms with Crippen molar-refractivity contribution in [2.75, 3.05) is 32.8 Å². The summed E-state index contributed by atoms with van der Waals surface area (Å²) >= 11 is 0. The summed E-state index contributed by atoms with van der Waals surface area (Å²) in [5, 5.41) is 0. The molecule has 5 heteroatoms. The lowest BCUT2D eigenvalue weighted by molar-refractivity contribution is -0.142. The fourth-order valence-corrected chi connectivity index (χ4v) is 4.87. The summed E-state index contributed by atoms with van der Waals surface area (Å²) in [4.78, 5) is 29.5. The molecule has 2 heterocycles. The van der Waals surface area contributed by atoms with Gasteiger partial charge >= 0.3 is 0 Å². The van der Waals surface area contributed by atoms with Crippen molar-refractivity contribution in [1.29, 1.82) is 0 Å². The first-order chi connectivity index (χ1) is 15.7. The lowest BCUT2D eigenvalue weighted by Gasteiger charge is -2.37. The SMILES string of the molecule is O=C(CCOc1ccccc1)N1CCC(C(=O)N2CCC(Cc3ccccc3)CC2)CC1. The fraction of sp³-hybridized carbons (Fsp3) is 0.481. The number of carbonyl (C=O) groups is 2. The molecule has 0 aromatic heterocycles. The minimum absolute atomic E-state index is 0.0605. The highest BCUT2D eigenvalue weighted by Gasteiger charge is 2.32. The Balaban J connectivity index is 1.15. The molecular formula is C27H34N2O3. The summed E-state index contributed by atoms with van der Waals surface area (Å²) in [6, 6.07) is 20.2. The number of benzene rings is 2. The zero-order valence-electron chi connectivity index (χ0n) is 18.8. The monoisotopic (exact) mass is 434 g/mol. The highest BCUT2D eigenvalue weighted by atomic mass is 16.5. The number of hydrogen-bond donors (Lipinski definition) is 0. The molecule has 2 fully saturated rings. The smallest absolute Gasteiger partial charge is 0.225 e. The number of rotatable bonds is 7. The Morgan fingerprint density at radius 3 is 2.03 bits per heavy atom. The minimum Gasteiger partial charge on any atom is -0.493 e. The number of nitrogens with zero attached hydrogens (tertiary/aromatic N) is 2. The van der Waals surface area contributed by atoms with E-state index in [4.69, 9.17) is 4.74 Å². The zero-order chi connectivity index (χ0) is 22.2. The van der Waals surface area contributed by atoms with Gasteiger partial charge in [-0.15, -0.1) is 0 Å². The quantitative estimate of drug-likeness (QED) is 0.657. The molecule has 0 atom stereocenters. The average molecular weight is 435 g/mol. The molecule has 2 aromatic rings. The van der Waals surface area contributed by atoms with E-state index >= 15 is 0 Å². The highest BCUT2D eigenvalue weighted by molar-refractivity contribution is 5.80. The second kappa shape index (κ2) is 11.2. The molecule has 32 heavy (non-hydrogen) atoms. The number of hydrogen-bond acceptors (Lipinski definition) is 3. The Labute approximate surface area is 191 Å². The van der Waals surface area contributed by atoms with Crippen LogP contribution < -0.4 is 4.74 Å². The highest BCUT2D eigenvalue weighted by Crippen LogP contribution is 2.26. The summed E-state index contributed by atoms with van der Waals surface area (Å²) in [5.74, 6) is 1.93. The molecule has 2 saturated heterocycles. The largest absolute Gasteiger partial charge is 0.493 e. The molecule has 0 saturated carbocycles. The van der Waals surface area contributed by atoms with Crippen molar-refractivity contribution < 1.29 is 14.3 Å². The molecule has 0 radical (unpaired) electrons. The fourth-order valence-electron chi connectivity index (χ4n) is 4.87. The van der Waals surface area contributed by atoms with Crippen LogP contribution >= 0.6 is 0 Å². The van der Waals surface area contributed by atoms with Crippen LogP contribution in [0, 0.1) is 11.8 Å². The summed E-state index contributed by atoms with van der Waals surface area (Å²) in [6.07, 6.45) is 5.20.